The standard InChI is InChI=1S/C16H24N2O4S/c1-6-18(11-13(2)3)16(19)12-22-14-7-9-15(10-8-14)23(20,21)17(4)5/h7-10H,2,6,11-12H2,1,3-5H3. The number of carbonyl (C=O) groups excluding carboxylic acids is 1. The fraction of sp³-hybridized carbons (Fsp3) is 0.438. The van der Waals surface area contributed by atoms with Crippen molar-refractivity contribution in [3.05, 3.63) is 36.4 Å². The molecule has 23 heavy (non-hydrogen) atoms. The maximum Gasteiger partial charge on any atom is 0.260 e. The number of nitrogens with zero attached hydrogens (tertiary/aromatic N) is 2. The van der Waals surface area contributed by atoms with E-state index in [-0.39, 0.29) is 17.4 Å². The van der Waals surface area contributed by atoms with Crippen LogP contribution in [0.25, 0.3) is 0 Å². The number of likely N-dealkylation sites (N-methyl/N-ethyl adjacent to an activating group) is 1. The predicted molar refractivity (Wildman–Crippen MR) is 89.9 cm³/mol. The summed E-state index contributed by atoms with van der Waals surface area (Å²) in [5.41, 5.74) is 0.901. The van der Waals surface area contributed by atoms with Gasteiger partial charge >= 0.3 is 0 Å². The molecule has 0 radical (unpaired) electrons. The molecule has 1 amide bonds. The van der Waals surface area contributed by atoms with Crippen molar-refractivity contribution in [2.24, 2.45) is 0 Å². The molecule has 0 unspecified atom stereocenters. The predicted octanol–water partition coefficient (Wildman–Crippen LogP) is 1.74. The van der Waals surface area contributed by atoms with Crippen LogP contribution in [0.1, 0.15) is 13.8 Å². The van der Waals surface area contributed by atoms with Crippen molar-refractivity contribution < 1.29 is 17.9 Å². The van der Waals surface area contributed by atoms with Gasteiger partial charge < -0.3 is 9.64 Å². The van der Waals surface area contributed by atoms with Crippen molar-refractivity contribution in [1.82, 2.24) is 9.21 Å². The van der Waals surface area contributed by atoms with Crippen LogP contribution in [0, 0.1) is 0 Å². The van der Waals surface area contributed by atoms with Gasteiger partial charge in [-0.15, -0.1) is 0 Å². The highest BCUT2D eigenvalue weighted by Crippen LogP contribution is 2.18. The lowest BCUT2D eigenvalue weighted by Crippen LogP contribution is -2.35. The van der Waals surface area contributed by atoms with Crippen LogP contribution in [-0.4, -0.2) is 57.3 Å². The molecule has 0 aliphatic carbocycles. The molecule has 0 aliphatic heterocycles. The Morgan fingerprint density at radius 2 is 1.78 bits per heavy atom. The Morgan fingerprint density at radius 3 is 2.22 bits per heavy atom. The summed E-state index contributed by atoms with van der Waals surface area (Å²) in [5.74, 6) is 0.308. The van der Waals surface area contributed by atoms with E-state index in [1.165, 1.54) is 26.2 Å². The van der Waals surface area contributed by atoms with Crippen LogP contribution in [0.15, 0.2) is 41.3 Å². The summed E-state index contributed by atoms with van der Waals surface area (Å²) < 4.78 is 30.5. The molecular weight excluding hydrogens is 316 g/mol. The van der Waals surface area contributed by atoms with Crippen LogP contribution < -0.4 is 4.74 Å². The fourth-order valence-electron chi connectivity index (χ4n) is 1.86. The van der Waals surface area contributed by atoms with Crippen molar-refractivity contribution in [2.45, 2.75) is 18.7 Å². The normalized spacial score (nSPS) is 11.3. The van der Waals surface area contributed by atoms with Crippen molar-refractivity contribution >= 4 is 15.9 Å². The van der Waals surface area contributed by atoms with Crippen LogP contribution in [0.2, 0.25) is 0 Å². The lowest BCUT2D eigenvalue weighted by Gasteiger charge is -2.21. The molecule has 128 valence electrons. The number of ether oxygens (including phenoxy) is 1. The van der Waals surface area contributed by atoms with E-state index in [0.717, 1.165) is 9.88 Å². The molecule has 1 rings (SSSR count). The van der Waals surface area contributed by atoms with Gasteiger partial charge in [-0.1, -0.05) is 12.2 Å². The van der Waals surface area contributed by atoms with Gasteiger partial charge in [0, 0.05) is 27.2 Å². The summed E-state index contributed by atoms with van der Waals surface area (Å²) in [6.45, 7) is 8.53. The van der Waals surface area contributed by atoms with Crippen LogP contribution >= 0.6 is 0 Å². The van der Waals surface area contributed by atoms with Gasteiger partial charge in [-0.25, -0.2) is 12.7 Å². The molecule has 0 saturated carbocycles. The average Bonchev–Trinajstić information content (AvgIpc) is 2.50. The number of carbonyl (C=O) groups is 1. The van der Waals surface area contributed by atoms with E-state index in [9.17, 15) is 13.2 Å². The first-order valence-corrected chi connectivity index (χ1v) is 8.70. The minimum absolute atomic E-state index is 0.0963. The molecule has 0 fully saturated rings. The average molecular weight is 340 g/mol. The van der Waals surface area contributed by atoms with E-state index in [1.54, 1.807) is 17.0 Å². The summed E-state index contributed by atoms with van der Waals surface area (Å²) in [4.78, 5) is 13.9. The highest BCUT2D eigenvalue weighted by molar-refractivity contribution is 7.89. The lowest BCUT2D eigenvalue weighted by atomic mass is 10.3. The molecule has 0 N–H and O–H groups in total. The summed E-state index contributed by atoms with van der Waals surface area (Å²) in [6.07, 6.45) is 0. The molecule has 1 aromatic carbocycles. The second-order valence-electron chi connectivity index (χ2n) is 5.41. The maximum absolute atomic E-state index is 12.1. The number of amides is 1. The zero-order chi connectivity index (χ0) is 17.6. The maximum atomic E-state index is 12.1. The Labute approximate surface area is 138 Å². The highest BCUT2D eigenvalue weighted by atomic mass is 32.2. The molecule has 0 aliphatic rings. The van der Waals surface area contributed by atoms with Crippen LogP contribution in [0.3, 0.4) is 0 Å². The smallest absolute Gasteiger partial charge is 0.260 e. The number of hydrogen-bond donors (Lipinski definition) is 0. The van der Waals surface area contributed by atoms with Crippen molar-refractivity contribution in [3.63, 3.8) is 0 Å². The van der Waals surface area contributed by atoms with Crippen LogP contribution in [0.5, 0.6) is 5.75 Å². The molecule has 1 aromatic rings. The van der Waals surface area contributed by atoms with Crippen molar-refractivity contribution in [1.29, 1.82) is 0 Å². The molecule has 0 spiro atoms. The Balaban J connectivity index is 2.69. The Kier molecular flexibility index (Phi) is 6.78. The number of rotatable bonds is 8. The van der Waals surface area contributed by atoms with E-state index in [0.29, 0.717) is 18.8 Å². The largest absolute Gasteiger partial charge is 0.484 e. The first-order chi connectivity index (χ1) is 10.7. The molecule has 0 bridgehead atoms. The van der Waals surface area contributed by atoms with Crippen molar-refractivity contribution in [3.8, 4) is 5.75 Å². The van der Waals surface area contributed by atoms with Gasteiger partial charge in [-0.05, 0) is 38.1 Å². The molecule has 7 heteroatoms. The van der Waals surface area contributed by atoms with E-state index >= 15 is 0 Å². The SMILES string of the molecule is C=C(C)CN(CC)C(=O)COc1ccc(S(=O)(=O)N(C)C)cc1. The molecule has 0 aromatic heterocycles. The van der Waals surface area contributed by atoms with Gasteiger partial charge in [0.25, 0.3) is 5.91 Å². The minimum Gasteiger partial charge on any atom is -0.484 e. The molecule has 6 nitrogen and oxygen atoms in total. The molecule has 0 saturated heterocycles. The quantitative estimate of drug-likeness (QED) is 0.676. The molecule has 0 atom stereocenters. The van der Waals surface area contributed by atoms with Crippen molar-refractivity contribution in [2.75, 3.05) is 33.8 Å². The van der Waals surface area contributed by atoms with Crippen LogP contribution in [-0.2, 0) is 14.8 Å². The van der Waals surface area contributed by atoms with Gasteiger partial charge in [0.05, 0.1) is 4.90 Å². The Hall–Kier alpha value is -1.86. The second kappa shape index (κ2) is 8.12. The molecule has 0 heterocycles. The van der Waals surface area contributed by atoms with Gasteiger partial charge in [0.1, 0.15) is 5.75 Å². The van der Waals surface area contributed by atoms with Gasteiger partial charge in [-0.2, -0.15) is 0 Å². The third-order valence-corrected chi connectivity index (χ3v) is 4.99. The Morgan fingerprint density at radius 1 is 1.22 bits per heavy atom. The van der Waals surface area contributed by atoms with E-state index in [4.69, 9.17) is 4.74 Å². The van der Waals surface area contributed by atoms with E-state index < -0.39 is 10.0 Å². The number of sulfonamides is 1. The van der Waals surface area contributed by atoms with E-state index in [1.807, 2.05) is 13.8 Å². The zero-order valence-electron chi connectivity index (χ0n) is 14.1. The third kappa shape index (κ3) is 5.37. The summed E-state index contributed by atoms with van der Waals surface area (Å²) in [5, 5.41) is 0. The fourth-order valence-corrected chi connectivity index (χ4v) is 2.76. The third-order valence-electron chi connectivity index (χ3n) is 3.16. The summed E-state index contributed by atoms with van der Waals surface area (Å²) in [6, 6.07) is 6.00. The Bertz CT molecular complexity index is 651. The van der Waals surface area contributed by atoms with Crippen LogP contribution in [0.4, 0.5) is 0 Å². The lowest BCUT2D eigenvalue weighted by molar-refractivity contribution is -0.132. The highest BCUT2D eigenvalue weighted by Gasteiger charge is 2.17. The summed E-state index contributed by atoms with van der Waals surface area (Å²) >= 11 is 0. The zero-order valence-corrected chi connectivity index (χ0v) is 14.9. The summed E-state index contributed by atoms with van der Waals surface area (Å²) in [7, 11) is -0.520. The monoisotopic (exact) mass is 340 g/mol. The first kappa shape index (κ1) is 19.2. The number of benzene rings is 1. The van der Waals surface area contributed by atoms with Gasteiger partial charge in [0.15, 0.2) is 6.61 Å². The second-order valence-corrected chi connectivity index (χ2v) is 7.56. The minimum atomic E-state index is -3.46. The van der Waals surface area contributed by atoms with Gasteiger partial charge in [0.2, 0.25) is 10.0 Å². The van der Waals surface area contributed by atoms with E-state index in [2.05, 4.69) is 6.58 Å². The molecular formula is C16H24N2O4S. The van der Waals surface area contributed by atoms with Gasteiger partial charge in [-0.3, -0.25) is 4.79 Å². The topological polar surface area (TPSA) is 66.9 Å². The number of hydrogen-bond acceptors (Lipinski definition) is 4. The first-order valence-electron chi connectivity index (χ1n) is 7.26.